The Hall–Kier alpha value is -1.15. The summed E-state index contributed by atoms with van der Waals surface area (Å²) in [7, 11) is 1.50. The van der Waals surface area contributed by atoms with Crippen LogP contribution >= 0.6 is 0 Å². The van der Waals surface area contributed by atoms with Gasteiger partial charge < -0.3 is 5.73 Å². The van der Waals surface area contributed by atoms with Gasteiger partial charge in [-0.25, -0.2) is 0 Å². The molecule has 0 aliphatic rings. The van der Waals surface area contributed by atoms with Gasteiger partial charge in [-0.1, -0.05) is 44.2 Å². The van der Waals surface area contributed by atoms with Gasteiger partial charge in [-0.05, 0) is 7.05 Å². The number of hydrogen-bond donors (Lipinski definition) is 1. The first-order valence-electron chi connectivity index (χ1n) is 4.01. The highest BCUT2D eigenvalue weighted by atomic mass is 16.1. The molecule has 0 aliphatic heterocycles. The summed E-state index contributed by atoms with van der Waals surface area (Å²) in [5, 5.41) is 0. The van der Waals surface area contributed by atoms with Crippen molar-refractivity contribution in [3.63, 3.8) is 0 Å². The van der Waals surface area contributed by atoms with Crippen molar-refractivity contribution in [1.82, 2.24) is 0 Å². The van der Waals surface area contributed by atoms with E-state index in [0.717, 1.165) is 11.8 Å². The van der Waals surface area contributed by atoms with Crippen LogP contribution in [0.4, 0.5) is 0 Å². The Morgan fingerprint density at radius 3 is 1.75 bits per heavy atom. The average molecular weight is 167 g/mol. The predicted octanol–water partition coefficient (Wildman–Crippen LogP) is 2.10. The highest BCUT2D eigenvalue weighted by molar-refractivity contribution is 5.74. The van der Waals surface area contributed by atoms with E-state index < -0.39 is 0 Å². The number of hydrogen-bond acceptors (Lipinski definition) is 2. The molecular formula is C10H17NO. The summed E-state index contributed by atoms with van der Waals surface area (Å²) in [5.41, 5.74) is 5.23. The van der Waals surface area contributed by atoms with Crippen LogP contribution in [-0.2, 0) is 0 Å². The Morgan fingerprint density at radius 1 is 1.08 bits per heavy atom. The molecule has 12 heavy (non-hydrogen) atoms. The first kappa shape index (κ1) is 13.4. The standard InChI is InChI=1S/C7H6O.C2H6.CH5N/c8-6-7-4-2-1-3-5-7;2*1-2/h1-6H;1-2H3;2H2,1H3. The Kier molecular flexibility index (Phi) is 14.0. The maximum atomic E-state index is 10.0. The van der Waals surface area contributed by atoms with Gasteiger partial charge in [-0.2, -0.15) is 0 Å². The van der Waals surface area contributed by atoms with Crippen molar-refractivity contribution < 1.29 is 4.79 Å². The van der Waals surface area contributed by atoms with Crippen molar-refractivity contribution in [3.05, 3.63) is 35.9 Å². The van der Waals surface area contributed by atoms with Gasteiger partial charge in [0.15, 0.2) is 0 Å². The first-order chi connectivity index (χ1) is 5.93. The highest BCUT2D eigenvalue weighted by Crippen LogP contribution is 1.91. The summed E-state index contributed by atoms with van der Waals surface area (Å²) < 4.78 is 0. The van der Waals surface area contributed by atoms with Gasteiger partial charge in [0.1, 0.15) is 6.29 Å². The van der Waals surface area contributed by atoms with E-state index in [9.17, 15) is 4.79 Å². The summed E-state index contributed by atoms with van der Waals surface area (Å²) in [4.78, 5) is 10.0. The molecule has 1 aromatic carbocycles. The number of benzene rings is 1. The zero-order valence-corrected chi connectivity index (χ0v) is 7.95. The monoisotopic (exact) mass is 167 g/mol. The molecule has 0 saturated carbocycles. The van der Waals surface area contributed by atoms with E-state index in [1.807, 2.05) is 32.0 Å². The van der Waals surface area contributed by atoms with Crippen molar-refractivity contribution >= 4 is 6.29 Å². The Labute approximate surface area is 74.4 Å². The maximum absolute atomic E-state index is 10.0. The molecule has 0 amide bonds. The fraction of sp³-hybridized carbons (Fsp3) is 0.300. The lowest BCUT2D eigenvalue weighted by atomic mass is 10.2. The molecule has 0 atom stereocenters. The third kappa shape index (κ3) is 6.96. The summed E-state index contributed by atoms with van der Waals surface area (Å²) in [5.74, 6) is 0. The van der Waals surface area contributed by atoms with Crippen molar-refractivity contribution in [2.45, 2.75) is 13.8 Å². The molecule has 1 aromatic rings. The van der Waals surface area contributed by atoms with Gasteiger partial charge in [-0.15, -0.1) is 0 Å². The second kappa shape index (κ2) is 12.5. The van der Waals surface area contributed by atoms with Gasteiger partial charge in [0, 0.05) is 5.56 Å². The zero-order chi connectivity index (χ0) is 9.82. The van der Waals surface area contributed by atoms with Crippen molar-refractivity contribution in [2.75, 3.05) is 7.05 Å². The number of nitrogens with two attached hydrogens (primary N) is 1. The van der Waals surface area contributed by atoms with Crippen LogP contribution in [0.25, 0.3) is 0 Å². The van der Waals surface area contributed by atoms with Crippen molar-refractivity contribution in [2.24, 2.45) is 5.73 Å². The third-order valence-electron chi connectivity index (χ3n) is 0.936. The van der Waals surface area contributed by atoms with E-state index in [1.54, 1.807) is 12.1 Å². The molecule has 0 saturated heterocycles. The van der Waals surface area contributed by atoms with Crippen LogP contribution in [-0.4, -0.2) is 13.3 Å². The van der Waals surface area contributed by atoms with Crippen molar-refractivity contribution in [3.8, 4) is 0 Å². The lowest BCUT2D eigenvalue weighted by molar-refractivity contribution is 0.112. The minimum absolute atomic E-state index is 0.729. The van der Waals surface area contributed by atoms with Crippen LogP contribution in [0.5, 0.6) is 0 Å². The number of carbonyl (C=O) groups excluding carboxylic acids is 1. The van der Waals surface area contributed by atoms with Crippen LogP contribution in [0.3, 0.4) is 0 Å². The Morgan fingerprint density at radius 2 is 1.50 bits per heavy atom. The fourth-order valence-electron chi connectivity index (χ4n) is 0.532. The molecule has 1 rings (SSSR count). The molecular weight excluding hydrogens is 150 g/mol. The molecule has 0 heterocycles. The highest BCUT2D eigenvalue weighted by Gasteiger charge is 1.79. The molecule has 0 bridgehead atoms. The molecule has 68 valence electrons. The van der Waals surface area contributed by atoms with Crippen LogP contribution in [0, 0.1) is 0 Å². The largest absolute Gasteiger partial charge is 0.333 e. The molecule has 0 spiro atoms. The summed E-state index contributed by atoms with van der Waals surface area (Å²) in [6.45, 7) is 4.00. The fourth-order valence-corrected chi connectivity index (χ4v) is 0.532. The smallest absolute Gasteiger partial charge is 0.150 e. The summed E-state index contributed by atoms with van der Waals surface area (Å²) in [6, 6.07) is 9.10. The summed E-state index contributed by atoms with van der Waals surface area (Å²) in [6.07, 6.45) is 0.833. The van der Waals surface area contributed by atoms with Crippen molar-refractivity contribution in [1.29, 1.82) is 0 Å². The molecule has 0 aliphatic carbocycles. The van der Waals surface area contributed by atoms with Gasteiger partial charge in [-0.3, -0.25) is 4.79 Å². The third-order valence-corrected chi connectivity index (χ3v) is 0.936. The normalized spacial score (nSPS) is 6.67. The van der Waals surface area contributed by atoms with E-state index in [-0.39, 0.29) is 0 Å². The van der Waals surface area contributed by atoms with Crippen LogP contribution in [0.1, 0.15) is 24.2 Å². The van der Waals surface area contributed by atoms with Gasteiger partial charge in [0.2, 0.25) is 0 Å². The zero-order valence-electron chi connectivity index (χ0n) is 7.95. The van der Waals surface area contributed by atoms with E-state index in [1.165, 1.54) is 7.05 Å². The van der Waals surface area contributed by atoms with E-state index in [2.05, 4.69) is 5.73 Å². The van der Waals surface area contributed by atoms with Crippen LogP contribution < -0.4 is 5.73 Å². The molecule has 2 N–H and O–H groups in total. The Balaban J connectivity index is 0. The number of aldehydes is 1. The topological polar surface area (TPSA) is 43.1 Å². The van der Waals surface area contributed by atoms with E-state index in [0.29, 0.717) is 0 Å². The van der Waals surface area contributed by atoms with Gasteiger partial charge in [0.25, 0.3) is 0 Å². The SMILES string of the molecule is CC.CN.O=Cc1ccccc1. The van der Waals surface area contributed by atoms with Gasteiger partial charge >= 0.3 is 0 Å². The molecule has 2 heteroatoms. The molecule has 0 fully saturated rings. The quantitative estimate of drug-likeness (QED) is 0.651. The molecule has 2 nitrogen and oxygen atoms in total. The molecule has 0 aromatic heterocycles. The van der Waals surface area contributed by atoms with E-state index >= 15 is 0 Å². The van der Waals surface area contributed by atoms with Gasteiger partial charge in [0.05, 0.1) is 0 Å². The first-order valence-corrected chi connectivity index (χ1v) is 4.01. The van der Waals surface area contributed by atoms with E-state index in [4.69, 9.17) is 0 Å². The minimum atomic E-state index is 0.729. The Bertz CT molecular complexity index is 172. The maximum Gasteiger partial charge on any atom is 0.150 e. The minimum Gasteiger partial charge on any atom is -0.333 e. The second-order valence-corrected chi connectivity index (χ2v) is 1.53. The lowest BCUT2D eigenvalue weighted by Gasteiger charge is -1.81. The molecule has 0 unspecified atom stereocenters. The number of rotatable bonds is 1. The summed E-state index contributed by atoms with van der Waals surface area (Å²) >= 11 is 0. The number of carbonyl (C=O) groups is 1. The van der Waals surface area contributed by atoms with Crippen LogP contribution in [0.15, 0.2) is 30.3 Å². The predicted molar refractivity (Wildman–Crippen MR) is 53.3 cm³/mol. The lowest BCUT2D eigenvalue weighted by Crippen LogP contribution is -1.73. The molecule has 0 radical (unpaired) electrons. The van der Waals surface area contributed by atoms with Crippen LogP contribution in [0.2, 0.25) is 0 Å². The second-order valence-electron chi connectivity index (χ2n) is 1.53. The average Bonchev–Trinajstić information content (AvgIpc) is 2.25.